The van der Waals surface area contributed by atoms with Gasteiger partial charge in [0.2, 0.25) is 0 Å². The van der Waals surface area contributed by atoms with Crippen LogP contribution in [0.3, 0.4) is 0 Å². The minimum absolute atomic E-state index is 0. The van der Waals surface area contributed by atoms with Gasteiger partial charge in [-0.2, -0.15) is 0 Å². The minimum Gasteiger partial charge on any atom is -0.870 e. The second kappa shape index (κ2) is 25.2. The molecule has 0 unspecified atom stereocenters. The molecule has 0 saturated heterocycles. The molecule has 1 N–H and O–H groups in total. The highest BCUT2D eigenvalue weighted by Crippen LogP contribution is 2.20. The molecule has 0 heterocycles. The maximum atomic E-state index is 2.35. The number of hydrogen-bond acceptors (Lipinski definition) is 1. The molecule has 0 aromatic heterocycles. The molecule has 184 valence electrons. The van der Waals surface area contributed by atoms with Crippen molar-refractivity contribution in [2.24, 2.45) is 0 Å². The summed E-state index contributed by atoms with van der Waals surface area (Å²) in [4.78, 5) is 0. The van der Waals surface area contributed by atoms with E-state index in [-0.39, 0.29) is 5.48 Å². The van der Waals surface area contributed by atoms with E-state index in [4.69, 9.17) is 0 Å². The van der Waals surface area contributed by atoms with E-state index in [0.29, 0.717) is 0 Å². The molecular formula is C28H61NO. The van der Waals surface area contributed by atoms with Crippen molar-refractivity contribution in [3.05, 3.63) is 0 Å². The van der Waals surface area contributed by atoms with E-state index >= 15 is 0 Å². The predicted molar refractivity (Wildman–Crippen MR) is 137 cm³/mol. The molecule has 0 aromatic rings. The van der Waals surface area contributed by atoms with Crippen molar-refractivity contribution < 1.29 is 9.96 Å². The fourth-order valence-electron chi connectivity index (χ4n) is 4.87. The largest absolute Gasteiger partial charge is 0.870 e. The first-order chi connectivity index (χ1) is 14.2. The Kier molecular flexibility index (Phi) is 26.9. The van der Waals surface area contributed by atoms with E-state index in [0.717, 1.165) is 0 Å². The second-order valence-electron chi connectivity index (χ2n) is 9.89. The Morgan fingerprint density at radius 1 is 0.300 bits per heavy atom. The molecule has 0 aliphatic carbocycles. The third-order valence-electron chi connectivity index (χ3n) is 6.94. The standard InChI is InChI=1S/C28H60N.H2O/c1-5-9-13-17-19-23-27-29(25-21-15-11-7-3,26-22-16-12-8-4)28-24-20-18-14-10-6-2;/h5-28H2,1-4H3;1H2/q+1;/p-1. The van der Waals surface area contributed by atoms with Gasteiger partial charge in [-0.25, -0.2) is 0 Å². The lowest BCUT2D eigenvalue weighted by molar-refractivity contribution is -0.929. The zero-order chi connectivity index (χ0) is 21.5. The average molecular weight is 428 g/mol. The van der Waals surface area contributed by atoms with Gasteiger partial charge in [-0.3, -0.25) is 0 Å². The number of rotatable bonds is 24. The van der Waals surface area contributed by atoms with Crippen molar-refractivity contribution in [1.29, 1.82) is 0 Å². The van der Waals surface area contributed by atoms with Crippen molar-refractivity contribution in [3.63, 3.8) is 0 Å². The SMILES string of the molecule is CCCCCCCC[N+](CCCCCC)(CCCCCC)CCCCCCCC.[OH-]. The quantitative estimate of drug-likeness (QED) is 0.111. The molecule has 0 aliphatic heterocycles. The van der Waals surface area contributed by atoms with E-state index in [9.17, 15) is 0 Å². The van der Waals surface area contributed by atoms with Gasteiger partial charge in [0.25, 0.3) is 0 Å². The third-order valence-corrected chi connectivity index (χ3v) is 6.94. The van der Waals surface area contributed by atoms with E-state index in [1.165, 1.54) is 159 Å². The van der Waals surface area contributed by atoms with Gasteiger partial charge in [0.15, 0.2) is 0 Å². The molecule has 0 amide bonds. The molecule has 0 bridgehead atoms. The fraction of sp³-hybridized carbons (Fsp3) is 1.00. The highest BCUT2D eigenvalue weighted by atomic mass is 16.0. The lowest BCUT2D eigenvalue weighted by atomic mass is 10.1. The first-order valence-electron chi connectivity index (χ1n) is 14.1. The van der Waals surface area contributed by atoms with E-state index in [2.05, 4.69) is 27.7 Å². The van der Waals surface area contributed by atoms with Gasteiger partial charge in [0.1, 0.15) is 0 Å². The Bertz CT molecular complexity index is 275. The van der Waals surface area contributed by atoms with Gasteiger partial charge >= 0.3 is 0 Å². The molecule has 0 fully saturated rings. The molecule has 0 saturated carbocycles. The van der Waals surface area contributed by atoms with Gasteiger partial charge in [-0.05, 0) is 51.4 Å². The predicted octanol–water partition coefficient (Wildman–Crippen LogP) is 9.51. The monoisotopic (exact) mass is 427 g/mol. The van der Waals surface area contributed by atoms with Crippen LogP contribution in [0.1, 0.15) is 156 Å². The van der Waals surface area contributed by atoms with E-state index < -0.39 is 0 Å². The molecular weight excluding hydrogens is 366 g/mol. The summed E-state index contributed by atoms with van der Waals surface area (Å²) in [6, 6.07) is 0. The Labute approximate surface area is 192 Å². The Morgan fingerprint density at radius 2 is 0.500 bits per heavy atom. The van der Waals surface area contributed by atoms with Crippen molar-refractivity contribution in [2.75, 3.05) is 26.2 Å². The van der Waals surface area contributed by atoms with Crippen LogP contribution >= 0.6 is 0 Å². The topological polar surface area (TPSA) is 30.0 Å². The molecule has 2 heteroatoms. The van der Waals surface area contributed by atoms with Crippen LogP contribution in [0.4, 0.5) is 0 Å². The third kappa shape index (κ3) is 19.9. The molecule has 0 atom stereocenters. The Hall–Kier alpha value is -0.0800. The summed E-state index contributed by atoms with van der Waals surface area (Å²) in [6.07, 6.45) is 28.8. The zero-order valence-electron chi connectivity index (χ0n) is 21.9. The second-order valence-corrected chi connectivity index (χ2v) is 9.89. The first kappa shape index (κ1) is 32.1. The Balaban J connectivity index is 0. The van der Waals surface area contributed by atoms with Crippen LogP contribution in [0.25, 0.3) is 0 Å². The molecule has 0 radical (unpaired) electrons. The van der Waals surface area contributed by atoms with Crippen LogP contribution in [0, 0.1) is 0 Å². The summed E-state index contributed by atoms with van der Waals surface area (Å²) in [5.41, 5.74) is 0. The number of hydrogen-bond donors (Lipinski definition) is 0. The minimum atomic E-state index is 0. The average Bonchev–Trinajstić information content (AvgIpc) is 2.73. The van der Waals surface area contributed by atoms with E-state index in [1.807, 2.05) is 0 Å². The lowest BCUT2D eigenvalue weighted by Crippen LogP contribution is -2.50. The fourth-order valence-corrected chi connectivity index (χ4v) is 4.87. The normalized spacial score (nSPS) is 11.6. The van der Waals surface area contributed by atoms with Gasteiger partial charge < -0.3 is 9.96 Å². The summed E-state index contributed by atoms with van der Waals surface area (Å²) >= 11 is 0. The molecule has 30 heavy (non-hydrogen) atoms. The van der Waals surface area contributed by atoms with Crippen LogP contribution in [0.2, 0.25) is 0 Å². The smallest absolute Gasteiger partial charge is 0.0786 e. The molecule has 0 spiro atoms. The van der Waals surface area contributed by atoms with Gasteiger partial charge in [-0.1, -0.05) is 105 Å². The maximum Gasteiger partial charge on any atom is 0.0786 e. The van der Waals surface area contributed by atoms with Crippen LogP contribution in [0.5, 0.6) is 0 Å². The van der Waals surface area contributed by atoms with Crippen LogP contribution in [0.15, 0.2) is 0 Å². The van der Waals surface area contributed by atoms with Crippen molar-refractivity contribution in [3.8, 4) is 0 Å². The summed E-state index contributed by atoms with van der Waals surface area (Å²) in [7, 11) is 0. The highest BCUT2D eigenvalue weighted by molar-refractivity contribution is 4.54. The zero-order valence-corrected chi connectivity index (χ0v) is 21.9. The summed E-state index contributed by atoms with van der Waals surface area (Å²) < 4.78 is 1.47. The first-order valence-corrected chi connectivity index (χ1v) is 14.1. The maximum absolute atomic E-state index is 2.35. The van der Waals surface area contributed by atoms with Crippen molar-refractivity contribution >= 4 is 0 Å². The molecule has 0 aromatic carbocycles. The van der Waals surface area contributed by atoms with Gasteiger partial charge in [0, 0.05) is 0 Å². The number of unbranched alkanes of at least 4 members (excludes halogenated alkanes) is 16. The summed E-state index contributed by atoms with van der Waals surface area (Å²) in [6.45, 7) is 15.2. The highest BCUT2D eigenvalue weighted by Gasteiger charge is 2.25. The van der Waals surface area contributed by atoms with Crippen LogP contribution < -0.4 is 0 Å². The van der Waals surface area contributed by atoms with E-state index in [1.54, 1.807) is 0 Å². The van der Waals surface area contributed by atoms with Crippen molar-refractivity contribution in [2.45, 2.75) is 156 Å². The van der Waals surface area contributed by atoms with Crippen LogP contribution in [-0.2, 0) is 0 Å². The number of nitrogens with zero attached hydrogens (tertiary/aromatic N) is 1. The molecule has 0 rings (SSSR count). The summed E-state index contributed by atoms with van der Waals surface area (Å²) in [5.74, 6) is 0. The molecule has 0 aliphatic rings. The van der Waals surface area contributed by atoms with Crippen molar-refractivity contribution in [1.82, 2.24) is 0 Å². The van der Waals surface area contributed by atoms with Crippen LogP contribution in [-0.4, -0.2) is 36.1 Å². The lowest BCUT2D eigenvalue weighted by Gasteiger charge is -2.39. The van der Waals surface area contributed by atoms with Gasteiger partial charge in [-0.15, -0.1) is 0 Å². The number of quaternary nitrogens is 1. The molecule has 2 nitrogen and oxygen atoms in total. The summed E-state index contributed by atoms with van der Waals surface area (Å²) in [5, 5.41) is 0. The Morgan fingerprint density at radius 3 is 0.767 bits per heavy atom. The van der Waals surface area contributed by atoms with Gasteiger partial charge in [0.05, 0.1) is 26.2 Å².